The van der Waals surface area contributed by atoms with Crippen LogP contribution < -0.4 is 10.0 Å². The Balaban J connectivity index is 1.30. The minimum absolute atomic E-state index is 0.0689. The van der Waals surface area contributed by atoms with Gasteiger partial charge in [-0.25, -0.2) is 17.9 Å². The molecular formula is C22H24N2O7S. The Hall–Kier alpha value is -2.79. The number of rotatable bonds is 7. The van der Waals surface area contributed by atoms with Crippen molar-refractivity contribution in [3.8, 4) is 0 Å². The molecule has 2 heterocycles. The standard InChI is InChI=1S/C22H24N2O7S/c1-14(25)16-7-9-17(10-8-16)23-22(26)31-19-12-30-20-18(11-29-21(19)20)24-32(27,28)13-15-5-3-2-4-6-15/h2-10,18-21,24H,11-13H2,1H3,(H,23,26). The fourth-order valence-electron chi connectivity index (χ4n) is 3.81. The van der Waals surface area contributed by atoms with Crippen molar-refractivity contribution < 1.29 is 32.2 Å². The molecule has 4 atom stereocenters. The van der Waals surface area contributed by atoms with Crippen LogP contribution in [0.4, 0.5) is 10.5 Å². The van der Waals surface area contributed by atoms with Crippen LogP contribution in [0.1, 0.15) is 22.8 Å². The Kier molecular flexibility index (Phi) is 6.56. The van der Waals surface area contributed by atoms with Crippen molar-refractivity contribution in [2.45, 2.75) is 37.0 Å². The van der Waals surface area contributed by atoms with Crippen molar-refractivity contribution in [2.24, 2.45) is 0 Å². The summed E-state index contributed by atoms with van der Waals surface area (Å²) >= 11 is 0. The number of Topliss-reactive ketones (excluding diaryl/α,β-unsaturated/α-hetero) is 1. The lowest BCUT2D eigenvalue weighted by Gasteiger charge is -2.18. The van der Waals surface area contributed by atoms with Crippen molar-refractivity contribution >= 4 is 27.6 Å². The molecule has 0 saturated carbocycles. The van der Waals surface area contributed by atoms with Gasteiger partial charge in [-0.2, -0.15) is 0 Å². The Labute approximate surface area is 186 Å². The average Bonchev–Trinajstić information content (AvgIpc) is 3.32. The quantitative estimate of drug-likeness (QED) is 0.607. The second-order valence-electron chi connectivity index (χ2n) is 7.77. The van der Waals surface area contributed by atoms with E-state index in [2.05, 4.69) is 10.0 Å². The van der Waals surface area contributed by atoms with Crippen LogP contribution in [0.25, 0.3) is 0 Å². The summed E-state index contributed by atoms with van der Waals surface area (Å²) in [6.45, 7) is 1.68. The Morgan fingerprint density at radius 1 is 1.00 bits per heavy atom. The number of amides is 1. The number of carbonyl (C=O) groups excluding carboxylic acids is 2. The zero-order valence-electron chi connectivity index (χ0n) is 17.4. The van der Waals surface area contributed by atoms with Crippen molar-refractivity contribution in [1.82, 2.24) is 4.72 Å². The molecule has 2 aliphatic rings. The highest BCUT2D eigenvalue weighted by atomic mass is 32.2. The van der Waals surface area contributed by atoms with E-state index >= 15 is 0 Å². The monoisotopic (exact) mass is 460 g/mol. The average molecular weight is 461 g/mol. The predicted octanol–water partition coefficient (Wildman–Crippen LogP) is 2.09. The third-order valence-corrected chi connectivity index (χ3v) is 6.71. The molecular weight excluding hydrogens is 436 g/mol. The van der Waals surface area contributed by atoms with E-state index in [1.165, 1.54) is 6.92 Å². The number of hydrogen-bond donors (Lipinski definition) is 2. The van der Waals surface area contributed by atoms with Crippen LogP contribution in [0.3, 0.4) is 0 Å². The van der Waals surface area contributed by atoms with Crippen LogP contribution in [0.15, 0.2) is 54.6 Å². The van der Waals surface area contributed by atoms with Crippen LogP contribution in [-0.2, 0) is 30.0 Å². The molecule has 0 aromatic heterocycles. The summed E-state index contributed by atoms with van der Waals surface area (Å²) in [6.07, 6.45) is -2.47. The molecule has 32 heavy (non-hydrogen) atoms. The van der Waals surface area contributed by atoms with Gasteiger partial charge in [0.2, 0.25) is 10.0 Å². The summed E-state index contributed by atoms with van der Waals surface area (Å²) in [6, 6.07) is 14.7. The molecule has 2 fully saturated rings. The summed E-state index contributed by atoms with van der Waals surface area (Å²) in [5.74, 6) is -0.215. The lowest BCUT2D eigenvalue weighted by atomic mass is 10.1. The van der Waals surface area contributed by atoms with E-state index in [1.54, 1.807) is 48.5 Å². The minimum Gasteiger partial charge on any atom is -0.441 e. The lowest BCUT2D eigenvalue weighted by Crippen LogP contribution is -2.44. The molecule has 1 amide bonds. The van der Waals surface area contributed by atoms with Gasteiger partial charge in [0, 0.05) is 11.3 Å². The molecule has 10 heteroatoms. The van der Waals surface area contributed by atoms with Crippen molar-refractivity contribution in [1.29, 1.82) is 0 Å². The molecule has 2 aromatic carbocycles. The van der Waals surface area contributed by atoms with E-state index in [1.807, 2.05) is 6.07 Å². The van der Waals surface area contributed by atoms with Gasteiger partial charge >= 0.3 is 6.09 Å². The Bertz CT molecular complexity index is 1070. The number of ether oxygens (including phenoxy) is 3. The number of fused-ring (bicyclic) bond motifs is 1. The molecule has 170 valence electrons. The summed E-state index contributed by atoms with van der Waals surface area (Å²) in [7, 11) is -3.60. The molecule has 4 rings (SSSR count). The van der Waals surface area contributed by atoms with Gasteiger partial charge in [0.05, 0.1) is 25.0 Å². The summed E-state index contributed by atoms with van der Waals surface area (Å²) in [5.41, 5.74) is 1.70. The van der Waals surface area contributed by atoms with E-state index in [9.17, 15) is 18.0 Å². The smallest absolute Gasteiger partial charge is 0.412 e. The lowest BCUT2D eigenvalue weighted by molar-refractivity contribution is 0.00883. The fourth-order valence-corrected chi connectivity index (χ4v) is 5.18. The van der Waals surface area contributed by atoms with E-state index in [4.69, 9.17) is 14.2 Å². The molecule has 0 aliphatic carbocycles. The second kappa shape index (κ2) is 9.37. The zero-order valence-corrected chi connectivity index (χ0v) is 18.2. The number of hydrogen-bond acceptors (Lipinski definition) is 7. The number of carbonyl (C=O) groups is 2. The van der Waals surface area contributed by atoms with E-state index < -0.39 is 40.5 Å². The number of benzene rings is 2. The van der Waals surface area contributed by atoms with Gasteiger partial charge in [-0.3, -0.25) is 10.1 Å². The van der Waals surface area contributed by atoms with Crippen molar-refractivity contribution in [3.05, 3.63) is 65.7 Å². The second-order valence-corrected chi connectivity index (χ2v) is 9.52. The molecule has 2 aliphatic heterocycles. The Morgan fingerprint density at radius 3 is 2.38 bits per heavy atom. The largest absolute Gasteiger partial charge is 0.441 e. The first kappa shape index (κ1) is 22.4. The van der Waals surface area contributed by atoms with Crippen molar-refractivity contribution in [2.75, 3.05) is 18.5 Å². The van der Waals surface area contributed by atoms with E-state index in [0.717, 1.165) is 0 Å². The third-order valence-electron chi connectivity index (χ3n) is 5.33. The highest BCUT2D eigenvalue weighted by Crippen LogP contribution is 2.29. The predicted molar refractivity (Wildman–Crippen MR) is 116 cm³/mol. The van der Waals surface area contributed by atoms with Crippen LogP contribution >= 0.6 is 0 Å². The Morgan fingerprint density at radius 2 is 1.69 bits per heavy atom. The van der Waals surface area contributed by atoms with Gasteiger partial charge < -0.3 is 14.2 Å². The maximum Gasteiger partial charge on any atom is 0.412 e. The number of sulfonamides is 1. The molecule has 2 saturated heterocycles. The molecule has 9 nitrogen and oxygen atoms in total. The van der Waals surface area contributed by atoms with E-state index in [0.29, 0.717) is 16.8 Å². The first-order valence-corrected chi connectivity index (χ1v) is 11.8. The normalized spacial score (nSPS) is 24.7. The SMILES string of the molecule is CC(=O)c1ccc(NC(=O)OC2COC3C(NS(=O)(=O)Cc4ccccc4)COC23)cc1. The number of anilines is 1. The maximum atomic E-state index is 12.5. The van der Waals surface area contributed by atoms with Gasteiger partial charge in [-0.15, -0.1) is 0 Å². The molecule has 4 unspecified atom stereocenters. The minimum atomic E-state index is -3.60. The summed E-state index contributed by atoms with van der Waals surface area (Å²) in [5, 5.41) is 2.60. The third kappa shape index (κ3) is 5.33. The molecule has 2 N–H and O–H groups in total. The highest BCUT2D eigenvalue weighted by Gasteiger charge is 2.50. The van der Waals surface area contributed by atoms with Gasteiger partial charge in [0.1, 0.15) is 12.2 Å². The van der Waals surface area contributed by atoms with Crippen LogP contribution in [0, 0.1) is 0 Å². The van der Waals surface area contributed by atoms with Gasteiger partial charge in [-0.05, 0) is 36.8 Å². The molecule has 2 aromatic rings. The molecule has 0 bridgehead atoms. The number of nitrogens with one attached hydrogen (secondary N) is 2. The van der Waals surface area contributed by atoms with Gasteiger partial charge in [0.15, 0.2) is 11.9 Å². The zero-order chi connectivity index (χ0) is 22.7. The van der Waals surface area contributed by atoms with Crippen LogP contribution in [-0.4, -0.2) is 57.9 Å². The van der Waals surface area contributed by atoms with Gasteiger partial charge in [-0.1, -0.05) is 30.3 Å². The highest BCUT2D eigenvalue weighted by molar-refractivity contribution is 7.88. The number of ketones is 1. The van der Waals surface area contributed by atoms with Crippen LogP contribution in [0.5, 0.6) is 0 Å². The van der Waals surface area contributed by atoms with Gasteiger partial charge in [0.25, 0.3) is 0 Å². The van der Waals surface area contributed by atoms with Crippen molar-refractivity contribution in [3.63, 3.8) is 0 Å². The van der Waals surface area contributed by atoms with E-state index in [-0.39, 0.29) is 24.7 Å². The topological polar surface area (TPSA) is 120 Å². The van der Waals surface area contributed by atoms with Crippen LogP contribution in [0.2, 0.25) is 0 Å². The first-order chi connectivity index (χ1) is 15.3. The summed E-state index contributed by atoms with van der Waals surface area (Å²) < 4.78 is 44.5. The molecule has 0 spiro atoms. The molecule has 0 radical (unpaired) electrons. The first-order valence-electron chi connectivity index (χ1n) is 10.2. The maximum absolute atomic E-state index is 12.5. The summed E-state index contributed by atoms with van der Waals surface area (Å²) in [4.78, 5) is 23.6. The fraction of sp³-hybridized carbons (Fsp3) is 0.364.